The second-order valence-electron chi connectivity index (χ2n) is 7.23. The molecule has 0 radical (unpaired) electrons. The molecule has 0 saturated carbocycles. The van der Waals surface area contributed by atoms with E-state index in [1.807, 2.05) is 11.8 Å². The highest BCUT2D eigenvalue weighted by molar-refractivity contribution is 7.89. The number of hydrogen-bond acceptors (Lipinski definition) is 5. The van der Waals surface area contributed by atoms with E-state index in [1.54, 1.807) is 54.2 Å². The van der Waals surface area contributed by atoms with Crippen molar-refractivity contribution in [3.8, 4) is 0 Å². The molecule has 2 aromatic rings. The summed E-state index contributed by atoms with van der Waals surface area (Å²) >= 11 is 0. The molecule has 1 fully saturated rings. The van der Waals surface area contributed by atoms with Crippen molar-refractivity contribution >= 4 is 21.8 Å². The number of imide groups is 1. The van der Waals surface area contributed by atoms with Crippen molar-refractivity contribution < 1.29 is 18.0 Å². The van der Waals surface area contributed by atoms with Crippen LogP contribution in [0.15, 0.2) is 47.5 Å². The molecule has 1 saturated heterocycles. The fourth-order valence-electron chi connectivity index (χ4n) is 3.34. The first-order chi connectivity index (χ1) is 13.8. The lowest BCUT2D eigenvalue weighted by atomic mass is 10.2. The zero-order chi connectivity index (χ0) is 21.0. The normalized spacial score (nSPS) is 16.3. The van der Waals surface area contributed by atoms with Gasteiger partial charge < -0.3 is 4.57 Å². The Kier molecular flexibility index (Phi) is 6.51. The van der Waals surface area contributed by atoms with Gasteiger partial charge in [0.1, 0.15) is 5.69 Å². The minimum atomic E-state index is -3.56. The molecule has 156 valence electrons. The molecule has 2 heterocycles. The summed E-state index contributed by atoms with van der Waals surface area (Å²) in [7, 11) is -1.82. The van der Waals surface area contributed by atoms with Crippen molar-refractivity contribution in [1.82, 2.24) is 19.1 Å². The van der Waals surface area contributed by atoms with Crippen molar-refractivity contribution in [2.45, 2.75) is 18.2 Å². The van der Waals surface area contributed by atoms with Gasteiger partial charge in [-0.3, -0.25) is 19.8 Å². The Balaban J connectivity index is 1.57. The molecular formula is C20H26N4O4S. The number of aromatic nitrogens is 1. The molecule has 1 aromatic carbocycles. The lowest BCUT2D eigenvalue weighted by Crippen LogP contribution is -2.42. The summed E-state index contributed by atoms with van der Waals surface area (Å²) in [6.07, 6.45) is 2.35. The summed E-state index contributed by atoms with van der Waals surface area (Å²) < 4.78 is 28.8. The lowest BCUT2D eigenvalue weighted by molar-refractivity contribution is -0.121. The van der Waals surface area contributed by atoms with Gasteiger partial charge in [0.15, 0.2) is 0 Å². The number of nitrogens with zero attached hydrogens (tertiary/aromatic N) is 3. The van der Waals surface area contributed by atoms with Crippen LogP contribution in [0.1, 0.15) is 22.5 Å². The number of nitrogens with one attached hydrogen (secondary N) is 1. The van der Waals surface area contributed by atoms with Gasteiger partial charge in [-0.2, -0.15) is 4.31 Å². The van der Waals surface area contributed by atoms with E-state index in [9.17, 15) is 18.0 Å². The molecule has 9 heteroatoms. The van der Waals surface area contributed by atoms with Crippen LogP contribution >= 0.6 is 0 Å². The van der Waals surface area contributed by atoms with Crippen molar-refractivity contribution in [2.75, 3.05) is 32.7 Å². The van der Waals surface area contributed by atoms with E-state index in [-0.39, 0.29) is 11.4 Å². The molecule has 1 aromatic heterocycles. The summed E-state index contributed by atoms with van der Waals surface area (Å²) in [4.78, 5) is 26.6. The number of carbonyl (C=O) groups excluding carboxylic acids is 2. The van der Waals surface area contributed by atoms with Gasteiger partial charge in [0.05, 0.1) is 11.4 Å². The monoisotopic (exact) mass is 418 g/mol. The molecule has 0 spiro atoms. The fourth-order valence-corrected chi connectivity index (χ4v) is 4.80. The van der Waals surface area contributed by atoms with Crippen LogP contribution in [0.5, 0.6) is 0 Å². The van der Waals surface area contributed by atoms with Crippen LogP contribution in [0.4, 0.5) is 0 Å². The Labute approximate surface area is 171 Å². The van der Waals surface area contributed by atoms with E-state index in [0.29, 0.717) is 38.3 Å². The quantitative estimate of drug-likeness (QED) is 0.782. The Morgan fingerprint density at radius 3 is 2.41 bits per heavy atom. The fraction of sp³-hybridized carbons (Fsp3) is 0.400. The first-order valence-electron chi connectivity index (χ1n) is 9.52. The maximum Gasteiger partial charge on any atom is 0.274 e. The third kappa shape index (κ3) is 5.11. The number of amides is 2. The molecule has 1 N–H and O–H groups in total. The SMILES string of the molecule is Cc1ccc(S(=O)(=O)N2CCCN(CC(=O)NC(=O)c3cccn3C)CC2)cc1. The highest BCUT2D eigenvalue weighted by Crippen LogP contribution is 2.18. The van der Waals surface area contributed by atoms with Crippen LogP contribution in [-0.4, -0.2) is 66.7 Å². The van der Waals surface area contributed by atoms with Gasteiger partial charge in [-0.05, 0) is 44.2 Å². The summed E-state index contributed by atoms with van der Waals surface area (Å²) in [6.45, 7) is 3.68. The standard InChI is InChI=1S/C20H26N4O4S/c1-16-6-8-17(9-7-16)29(27,28)24-12-4-11-23(13-14-24)15-19(25)21-20(26)18-5-3-10-22(18)2/h3,5-10H,4,11-15H2,1-2H3,(H,21,25,26). The molecule has 1 aliphatic heterocycles. The molecule has 0 bridgehead atoms. The first kappa shape index (κ1) is 21.2. The van der Waals surface area contributed by atoms with E-state index >= 15 is 0 Å². The molecule has 1 aliphatic rings. The third-order valence-electron chi connectivity index (χ3n) is 5.00. The van der Waals surface area contributed by atoms with Crippen molar-refractivity contribution in [3.05, 3.63) is 53.9 Å². The van der Waals surface area contributed by atoms with Crippen LogP contribution in [-0.2, 0) is 21.9 Å². The Hall–Kier alpha value is -2.49. The topological polar surface area (TPSA) is 91.7 Å². The Bertz CT molecular complexity index is 982. The van der Waals surface area contributed by atoms with Crippen molar-refractivity contribution in [1.29, 1.82) is 0 Å². The van der Waals surface area contributed by atoms with E-state index in [2.05, 4.69) is 5.32 Å². The van der Waals surface area contributed by atoms with Gasteiger partial charge >= 0.3 is 0 Å². The maximum absolute atomic E-state index is 12.9. The second kappa shape index (κ2) is 8.89. The van der Waals surface area contributed by atoms with Gasteiger partial charge in [-0.1, -0.05) is 17.7 Å². The van der Waals surface area contributed by atoms with Crippen LogP contribution < -0.4 is 5.32 Å². The van der Waals surface area contributed by atoms with Crippen LogP contribution in [0.25, 0.3) is 0 Å². The van der Waals surface area contributed by atoms with E-state index in [1.165, 1.54) is 4.31 Å². The molecule has 29 heavy (non-hydrogen) atoms. The summed E-state index contributed by atoms with van der Waals surface area (Å²) in [6, 6.07) is 10.2. The molecule has 3 rings (SSSR count). The number of rotatable bonds is 5. The number of sulfonamides is 1. The molecule has 0 unspecified atom stereocenters. The van der Waals surface area contributed by atoms with Gasteiger partial charge in [-0.25, -0.2) is 8.42 Å². The van der Waals surface area contributed by atoms with Gasteiger partial charge in [-0.15, -0.1) is 0 Å². The predicted molar refractivity (Wildman–Crippen MR) is 109 cm³/mol. The van der Waals surface area contributed by atoms with E-state index in [0.717, 1.165) is 5.56 Å². The van der Waals surface area contributed by atoms with E-state index < -0.39 is 21.8 Å². The molecular weight excluding hydrogens is 392 g/mol. The predicted octanol–water partition coefficient (Wildman–Crippen LogP) is 0.987. The average molecular weight is 419 g/mol. The number of benzene rings is 1. The third-order valence-corrected chi connectivity index (χ3v) is 6.92. The molecule has 2 amide bonds. The largest absolute Gasteiger partial charge is 0.347 e. The maximum atomic E-state index is 12.9. The summed E-state index contributed by atoms with van der Waals surface area (Å²) in [5, 5.41) is 2.39. The number of hydrogen-bond donors (Lipinski definition) is 1. The zero-order valence-electron chi connectivity index (χ0n) is 16.7. The zero-order valence-corrected chi connectivity index (χ0v) is 17.5. The van der Waals surface area contributed by atoms with Crippen molar-refractivity contribution in [2.24, 2.45) is 7.05 Å². The highest BCUT2D eigenvalue weighted by Gasteiger charge is 2.27. The minimum absolute atomic E-state index is 0.0502. The van der Waals surface area contributed by atoms with E-state index in [4.69, 9.17) is 0 Å². The number of carbonyl (C=O) groups is 2. The van der Waals surface area contributed by atoms with Gasteiger partial charge in [0.25, 0.3) is 5.91 Å². The van der Waals surface area contributed by atoms with Crippen LogP contribution in [0.2, 0.25) is 0 Å². The molecule has 0 aliphatic carbocycles. The van der Waals surface area contributed by atoms with Gasteiger partial charge in [0, 0.05) is 32.9 Å². The Morgan fingerprint density at radius 1 is 1.03 bits per heavy atom. The first-order valence-corrected chi connectivity index (χ1v) is 11.0. The Morgan fingerprint density at radius 2 is 1.76 bits per heavy atom. The number of aryl methyl sites for hydroxylation is 2. The minimum Gasteiger partial charge on any atom is -0.347 e. The van der Waals surface area contributed by atoms with Gasteiger partial charge in [0.2, 0.25) is 15.9 Å². The van der Waals surface area contributed by atoms with Crippen LogP contribution in [0, 0.1) is 6.92 Å². The second-order valence-corrected chi connectivity index (χ2v) is 9.17. The summed E-state index contributed by atoms with van der Waals surface area (Å²) in [5.74, 6) is -0.841. The van der Waals surface area contributed by atoms with Crippen LogP contribution in [0.3, 0.4) is 0 Å². The molecule has 0 atom stereocenters. The van der Waals surface area contributed by atoms with Crippen molar-refractivity contribution in [3.63, 3.8) is 0 Å². The average Bonchev–Trinajstić information content (AvgIpc) is 2.96. The lowest BCUT2D eigenvalue weighted by Gasteiger charge is -2.21. The molecule has 8 nitrogen and oxygen atoms in total. The smallest absolute Gasteiger partial charge is 0.274 e. The highest BCUT2D eigenvalue weighted by atomic mass is 32.2. The summed E-state index contributed by atoms with van der Waals surface area (Å²) in [5.41, 5.74) is 1.41.